The maximum Gasteiger partial charge on any atom is 0.309 e. The smallest absolute Gasteiger partial charge is 0.309 e. The van der Waals surface area contributed by atoms with Gasteiger partial charge in [0.05, 0.1) is 17.3 Å². The van der Waals surface area contributed by atoms with Gasteiger partial charge in [-0.1, -0.05) is 17.7 Å². The van der Waals surface area contributed by atoms with E-state index in [1.54, 1.807) is 18.2 Å². The van der Waals surface area contributed by atoms with Crippen LogP contribution in [0.25, 0.3) is 0 Å². The molecule has 0 radical (unpaired) electrons. The third kappa shape index (κ3) is 5.24. The fraction of sp³-hybridized carbons (Fsp3) is 0.400. The number of furan rings is 1. The van der Waals surface area contributed by atoms with Gasteiger partial charge in [-0.15, -0.1) is 0 Å². The number of sulfone groups is 1. The number of carbonyl (C=O) groups is 2. The van der Waals surface area contributed by atoms with Crippen molar-refractivity contribution < 1.29 is 27.2 Å². The number of amides is 2. The highest BCUT2D eigenvalue weighted by molar-refractivity contribution is 7.91. The summed E-state index contributed by atoms with van der Waals surface area (Å²) in [5.41, 5.74) is 0.926. The summed E-state index contributed by atoms with van der Waals surface area (Å²) in [5.74, 6) is -1.55. The van der Waals surface area contributed by atoms with Crippen LogP contribution in [0.15, 0.2) is 52.0 Å². The molecule has 1 aliphatic heterocycles. The summed E-state index contributed by atoms with van der Waals surface area (Å²) in [4.78, 5) is 24.3. The molecule has 0 aliphatic carbocycles. The van der Waals surface area contributed by atoms with Crippen molar-refractivity contribution in [1.29, 1.82) is 0 Å². The number of rotatable bonds is 7. The zero-order valence-electron chi connectivity index (χ0n) is 16.1. The molecule has 2 heterocycles. The van der Waals surface area contributed by atoms with Crippen LogP contribution in [0.3, 0.4) is 0 Å². The van der Waals surface area contributed by atoms with E-state index in [1.165, 1.54) is 24.5 Å². The lowest BCUT2D eigenvalue weighted by Crippen LogP contribution is -2.44. The van der Waals surface area contributed by atoms with E-state index in [0.717, 1.165) is 18.4 Å². The maximum absolute atomic E-state index is 13.1. The molecule has 3 rings (SSSR count). The molecule has 8 nitrogen and oxygen atoms in total. The van der Waals surface area contributed by atoms with Crippen molar-refractivity contribution in [3.8, 4) is 0 Å². The van der Waals surface area contributed by atoms with E-state index < -0.39 is 26.9 Å². The van der Waals surface area contributed by atoms with Crippen LogP contribution >= 0.6 is 0 Å². The first-order valence-corrected chi connectivity index (χ1v) is 10.9. The molecular weight excluding hydrogens is 396 g/mol. The van der Waals surface area contributed by atoms with Crippen LogP contribution in [0.1, 0.15) is 29.4 Å². The van der Waals surface area contributed by atoms with Crippen molar-refractivity contribution in [2.75, 3.05) is 19.7 Å². The molecule has 2 N–H and O–H groups in total. The van der Waals surface area contributed by atoms with Gasteiger partial charge in [-0.3, -0.25) is 9.59 Å². The van der Waals surface area contributed by atoms with Gasteiger partial charge in [-0.05, 0) is 44.0 Å². The molecular formula is C20H24N2O6S. The molecule has 0 spiro atoms. The average molecular weight is 420 g/mol. The summed E-state index contributed by atoms with van der Waals surface area (Å²) in [6.45, 7) is 2.45. The Morgan fingerprint density at radius 2 is 1.86 bits per heavy atom. The van der Waals surface area contributed by atoms with Crippen molar-refractivity contribution in [2.24, 2.45) is 0 Å². The summed E-state index contributed by atoms with van der Waals surface area (Å²) in [6, 6.07) is 9.52. The second-order valence-electron chi connectivity index (χ2n) is 6.92. The molecule has 29 heavy (non-hydrogen) atoms. The van der Waals surface area contributed by atoms with E-state index in [9.17, 15) is 18.0 Å². The van der Waals surface area contributed by atoms with E-state index >= 15 is 0 Å². The number of carbonyl (C=O) groups excluding carboxylic acids is 2. The first-order chi connectivity index (χ1) is 13.9. The molecule has 1 aromatic heterocycles. The minimum absolute atomic E-state index is 0.0930. The lowest BCUT2D eigenvalue weighted by Gasteiger charge is -2.17. The first-order valence-electron chi connectivity index (χ1n) is 9.39. The van der Waals surface area contributed by atoms with Gasteiger partial charge < -0.3 is 19.8 Å². The van der Waals surface area contributed by atoms with E-state index in [4.69, 9.17) is 9.15 Å². The van der Waals surface area contributed by atoms with E-state index in [0.29, 0.717) is 6.61 Å². The Labute approximate surface area is 169 Å². The minimum atomic E-state index is -3.85. The topological polar surface area (TPSA) is 115 Å². The summed E-state index contributed by atoms with van der Waals surface area (Å²) >= 11 is 0. The van der Waals surface area contributed by atoms with Crippen LogP contribution < -0.4 is 10.6 Å². The largest absolute Gasteiger partial charge is 0.468 e. The normalized spacial score (nSPS) is 17.6. The Hall–Kier alpha value is -2.65. The van der Waals surface area contributed by atoms with Gasteiger partial charge in [0.25, 0.3) is 0 Å². The molecule has 2 amide bonds. The van der Waals surface area contributed by atoms with Gasteiger partial charge >= 0.3 is 11.8 Å². The van der Waals surface area contributed by atoms with Gasteiger partial charge in [0.1, 0.15) is 11.0 Å². The molecule has 2 atom stereocenters. The van der Waals surface area contributed by atoms with Crippen LogP contribution in [0.2, 0.25) is 0 Å². The van der Waals surface area contributed by atoms with E-state index in [1.807, 2.05) is 6.92 Å². The number of nitrogens with one attached hydrogen (secondary N) is 2. The SMILES string of the molecule is Cc1ccc(S(=O)(=O)[C@H](CNC(=O)C(=O)NC[C@H]2CCCO2)c2ccco2)cc1. The summed E-state index contributed by atoms with van der Waals surface area (Å²) < 4.78 is 36.9. The van der Waals surface area contributed by atoms with Gasteiger partial charge in [-0.25, -0.2) is 8.42 Å². The second kappa shape index (κ2) is 9.23. The Morgan fingerprint density at radius 3 is 2.48 bits per heavy atom. The summed E-state index contributed by atoms with van der Waals surface area (Å²) in [6.07, 6.45) is 3.03. The van der Waals surface area contributed by atoms with Crippen molar-refractivity contribution in [1.82, 2.24) is 10.6 Å². The fourth-order valence-corrected chi connectivity index (χ4v) is 4.67. The van der Waals surface area contributed by atoms with Crippen LogP contribution in [0, 0.1) is 6.92 Å². The predicted octanol–water partition coefficient (Wildman–Crippen LogP) is 1.51. The lowest BCUT2D eigenvalue weighted by molar-refractivity contribution is -0.139. The molecule has 0 unspecified atom stereocenters. The summed E-state index contributed by atoms with van der Waals surface area (Å²) in [7, 11) is -3.85. The Kier molecular flexibility index (Phi) is 6.71. The predicted molar refractivity (Wildman–Crippen MR) is 105 cm³/mol. The highest BCUT2D eigenvalue weighted by Crippen LogP contribution is 2.29. The third-order valence-corrected chi connectivity index (χ3v) is 6.83. The molecule has 1 aromatic carbocycles. The van der Waals surface area contributed by atoms with Crippen molar-refractivity contribution in [3.63, 3.8) is 0 Å². The highest BCUT2D eigenvalue weighted by Gasteiger charge is 2.32. The fourth-order valence-electron chi connectivity index (χ4n) is 3.09. The summed E-state index contributed by atoms with van der Waals surface area (Å²) in [5, 5.41) is 3.76. The number of hydrogen-bond donors (Lipinski definition) is 2. The van der Waals surface area contributed by atoms with Gasteiger partial charge in [0.15, 0.2) is 9.84 Å². The number of ether oxygens (including phenoxy) is 1. The molecule has 1 fully saturated rings. The van der Waals surface area contributed by atoms with Crippen molar-refractivity contribution >= 4 is 21.7 Å². The van der Waals surface area contributed by atoms with E-state index in [-0.39, 0.29) is 29.8 Å². The number of aryl methyl sites for hydroxylation is 1. The number of benzene rings is 1. The van der Waals surface area contributed by atoms with Crippen LogP contribution in [0.4, 0.5) is 0 Å². The van der Waals surface area contributed by atoms with E-state index in [2.05, 4.69) is 10.6 Å². The van der Waals surface area contributed by atoms with Crippen molar-refractivity contribution in [2.45, 2.75) is 36.0 Å². The zero-order valence-corrected chi connectivity index (χ0v) is 16.9. The Balaban J connectivity index is 1.67. The van der Waals surface area contributed by atoms with Crippen molar-refractivity contribution in [3.05, 3.63) is 54.0 Å². The minimum Gasteiger partial charge on any atom is -0.468 e. The average Bonchev–Trinajstić information content (AvgIpc) is 3.40. The molecule has 1 aliphatic rings. The molecule has 156 valence electrons. The van der Waals surface area contributed by atoms with Crippen LogP contribution in [0.5, 0.6) is 0 Å². The maximum atomic E-state index is 13.1. The molecule has 1 saturated heterocycles. The zero-order chi connectivity index (χ0) is 20.9. The highest BCUT2D eigenvalue weighted by atomic mass is 32.2. The lowest BCUT2D eigenvalue weighted by atomic mass is 10.2. The molecule has 0 saturated carbocycles. The quantitative estimate of drug-likeness (QED) is 0.657. The van der Waals surface area contributed by atoms with Gasteiger partial charge in [0, 0.05) is 19.7 Å². The number of hydrogen-bond acceptors (Lipinski definition) is 6. The van der Waals surface area contributed by atoms with Gasteiger partial charge in [0.2, 0.25) is 0 Å². The first kappa shape index (κ1) is 21.1. The molecule has 0 bridgehead atoms. The standard InChI is InChI=1S/C20H24N2O6S/c1-14-6-8-16(9-7-14)29(25,26)18(17-5-3-11-28-17)13-22-20(24)19(23)21-12-15-4-2-10-27-15/h3,5-9,11,15,18H,2,4,10,12-13H2,1H3,(H,21,23)(H,22,24)/t15-,18-/m1/s1. The van der Waals surface area contributed by atoms with Crippen LogP contribution in [-0.2, 0) is 24.2 Å². The molecule has 9 heteroatoms. The Morgan fingerprint density at radius 1 is 1.14 bits per heavy atom. The molecule has 2 aromatic rings. The van der Waals surface area contributed by atoms with Gasteiger partial charge in [-0.2, -0.15) is 0 Å². The van der Waals surface area contributed by atoms with Crippen LogP contribution in [-0.4, -0.2) is 46.0 Å². The monoisotopic (exact) mass is 420 g/mol. The third-order valence-electron chi connectivity index (χ3n) is 4.75. The Bertz CT molecular complexity index is 932. The second-order valence-corrected chi connectivity index (χ2v) is 9.05.